The quantitative estimate of drug-likeness (QED) is 0.510. The molecule has 0 radical (unpaired) electrons. The first-order valence-corrected chi connectivity index (χ1v) is 12.2. The van der Waals surface area contributed by atoms with Gasteiger partial charge in [0, 0.05) is 19.2 Å². The largest absolute Gasteiger partial charge is 0.481 e. The zero-order chi connectivity index (χ0) is 26.0. The van der Waals surface area contributed by atoms with Crippen molar-refractivity contribution in [3.8, 4) is 5.75 Å². The summed E-state index contributed by atoms with van der Waals surface area (Å²) >= 11 is 0. The fourth-order valence-electron chi connectivity index (χ4n) is 4.68. The Morgan fingerprint density at radius 3 is 2.65 bits per heavy atom. The van der Waals surface area contributed by atoms with Crippen molar-refractivity contribution in [3.05, 3.63) is 92.9 Å². The molecule has 2 aliphatic rings. The van der Waals surface area contributed by atoms with Gasteiger partial charge in [-0.3, -0.25) is 19.0 Å². The van der Waals surface area contributed by atoms with Gasteiger partial charge in [0.05, 0.1) is 13.2 Å². The Balaban J connectivity index is 1.49. The molecular formula is C27H27FN4O5. The first-order valence-electron chi connectivity index (χ1n) is 12.2. The molecule has 10 heteroatoms. The Labute approximate surface area is 212 Å². The second-order valence-corrected chi connectivity index (χ2v) is 9.10. The summed E-state index contributed by atoms with van der Waals surface area (Å²) < 4.78 is 27.2. The smallest absolute Gasteiger partial charge is 0.296 e. The lowest BCUT2D eigenvalue weighted by Gasteiger charge is -2.44. The lowest BCUT2D eigenvalue weighted by Crippen LogP contribution is -2.49. The van der Waals surface area contributed by atoms with Crippen LogP contribution in [0.3, 0.4) is 0 Å². The Morgan fingerprint density at radius 2 is 1.95 bits per heavy atom. The van der Waals surface area contributed by atoms with Crippen molar-refractivity contribution in [2.75, 3.05) is 13.7 Å². The molecule has 1 aromatic heterocycles. The molecule has 0 unspecified atom stereocenters. The maximum absolute atomic E-state index is 13.8. The van der Waals surface area contributed by atoms with Crippen LogP contribution in [0.4, 0.5) is 4.39 Å². The van der Waals surface area contributed by atoms with Gasteiger partial charge in [-0.1, -0.05) is 36.4 Å². The number of carbonyl (C=O) groups excluding carboxylic acids is 2. The lowest BCUT2D eigenvalue weighted by molar-refractivity contribution is -0.134. The monoisotopic (exact) mass is 506 g/mol. The van der Waals surface area contributed by atoms with Gasteiger partial charge in [-0.2, -0.15) is 0 Å². The van der Waals surface area contributed by atoms with Gasteiger partial charge in [0.2, 0.25) is 5.75 Å². The molecular weight excluding hydrogens is 479 g/mol. The lowest BCUT2D eigenvalue weighted by atomic mass is 9.78. The van der Waals surface area contributed by atoms with Crippen molar-refractivity contribution in [3.63, 3.8) is 0 Å². The third kappa shape index (κ3) is 4.72. The van der Waals surface area contributed by atoms with Gasteiger partial charge >= 0.3 is 0 Å². The van der Waals surface area contributed by atoms with Gasteiger partial charge in [0.1, 0.15) is 23.8 Å². The van der Waals surface area contributed by atoms with Gasteiger partial charge in [0.25, 0.3) is 17.4 Å². The minimum absolute atomic E-state index is 0.0812. The van der Waals surface area contributed by atoms with Crippen LogP contribution < -0.4 is 20.9 Å². The Kier molecular flexibility index (Phi) is 6.75. The molecule has 3 aromatic rings. The number of aromatic nitrogens is 2. The van der Waals surface area contributed by atoms with Crippen LogP contribution in [0.15, 0.2) is 53.3 Å². The minimum atomic E-state index is -0.673. The van der Waals surface area contributed by atoms with Crippen LogP contribution in [0.2, 0.25) is 0 Å². The molecule has 1 saturated carbocycles. The number of nitrogens with zero attached hydrogens (tertiary/aromatic N) is 2. The molecule has 2 N–H and O–H groups in total. The summed E-state index contributed by atoms with van der Waals surface area (Å²) in [5.41, 5.74) is 0.0867. The number of amides is 2. The second-order valence-electron chi connectivity index (χ2n) is 9.10. The van der Waals surface area contributed by atoms with E-state index in [0.717, 1.165) is 30.9 Å². The maximum Gasteiger partial charge on any atom is 0.296 e. The number of fused-ring (bicyclic) bond motifs is 2. The van der Waals surface area contributed by atoms with Crippen molar-refractivity contribution < 1.29 is 23.5 Å². The number of carbonyl (C=O) groups is 2. The summed E-state index contributed by atoms with van der Waals surface area (Å²) in [5.74, 6) is -1.41. The highest BCUT2D eigenvalue weighted by Crippen LogP contribution is 2.45. The number of benzene rings is 2. The molecule has 37 heavy (non-hydrogen) atoms. The van der Waals surface area contributed by atoms with E-state index in [1.165, 1.54) is 19.2 Å². The van der Waals surface area contributed by atoms with Crippen molar-refractivity contribution in [2.45, 2.75) is 44.6 Å². The first-order chi connectivity index (χ1) is 17.9. The summed E-state index contributed by atoms with van der Waals surface area (Å²) in [4.78, 5) is 43.8. The van der Waals surface area contributed by atoms with Crippen LogP contribution in [-0.2, 0) is 30.0 Å². The Hall–Kier alpha value is -4.05. The van der Waals surface area contributed by atoms with Crippen molar-refractivity contribution in [2.24, 2.45) is 0 Å². The number of nitrogens with one attached hydrogen (secondary N) is 2. The number of halogens is 1. The fourth-order valence-corrected chi connectivity index (χ4v) is 4.68. The molecule has 2 heterocycles. The average Bonchev–Trinajstić information content (AvgIpc) is 2.90. The molecule has 0 bridgehead atoms. The number of hydrogen-bond donors (Lipinski definition) is 2. The summed E-state index contributed by atoms with van der Waals surface area (Å²) in [7, 11) is 1.44. The zero-order valence-electron chi connectivity index (χ0n) is 20.4. The van der Waals surface area contributed by atoms with Crippen molar-refractivity contribution >= 4 is 11.8 Å². The summed E-state index contributed by atoms with van der Waals surface area (Å²) in [6.45, 7) is 0.697. The predicted octanol–water partition coefficient (Wildman–Crippen LogP) is 2.66. The normalized spacial score (nSPS) is 15.4. The van der Waals surface area contributed by atoms with Crippen molar-refractivity contribution in [1.29, 1.82) is 0 Å². The van der Waals surface area contributed by atoms with Gasteiger partial charge in [-0.15, -0.1) is 0 Å². The van der Waals surface area contributed by atoms with E-state index in [2.05, 4.69) is 15.6 Å². The van der Waals surface area contributed by atoms with Crippen LogP contribution in [0, 0.1) is 5.82 Å². The fraction of sp³-hybridized carbons (Fsp3) is 0.333. The molecule has 1 aliphatic carbocycles. The SMILES string of the molecule is CNC(=O)c1cc(F)ccc1CNC(=O)c1nc2n(c(=O)c1OCc1ccccc1)CCOC21CCC1. The highest BCUT2D eigenvalue weighted by Gasteiger charge is 2.46. The predicted molar refractivity (Wildman–Crippen MR) is 132 cm³/mol. The van der Waals surface area contributed by atoms with Crippen molar-refractivity contribution in [1.82, 2.24) is 20.2 Å². The van der Waals surface area contributed by atoms with Gasteiger partial charge < -0.3 is 20.1 Å². The maximum atomic E-state index is 13.8. The topological polar surface area (TPSA) is 112 Å². The molecule has 2 amide bonds. The third-order valence-electron chi connectivity index (χ3n) is 6.81. The molecule has 0 saturated heterocycles. The number of ether oxygens (including phenoxy) is 2. The number of rotatable bonds is 7. The summed E-state index contributed by atoms with van der Waals surface area (Å²) in [5, 5.41) is 5.18. The first kappa shape index (κ1) is 24.6. The van der Waals surface area contributed by atoms with Crippen LogP contribution in [0.5, 0.6) is 5.75 Å². The molecule has 1 spiro atoms. The van der Waals surface area contributed by atoms with E-state index in [1.807, 2.05) is 30.3 Å². The van der Waals surface area contributed by atoms with E-state index in [9.17, 15) is 18.8 Å². The van der Waals surface area contributed by atoms with Crippen LogP contribution in [-0.4, -0.2) is 35.0 Å². The molecule has 2 aromatic carbocycles. The van der Waals surface area contributed by atoms with E-state index >= 15 is 0 Å². The van der Waals surface area contributed by atoms with Crippen LogP contribution in [0.1, 0.15) is 57.1 Å². The highest BCUT2D eigenvalue weighted by atomic mass is 19.1. The molecule has 5 rings (SSSR count). The number of hydrogen-bond acceptors (Lipinski definition) is 6. The van der Waals surface area contributed by atoms with E-state index in [4.69, 9.17) is 9.47 Å². The van der Waals surface area contributed by atoms with E-state index in [0.29, 0.717) is 24.5 Å². The summed E-state index contributed by atoms with van der Waals surface area (Å²) in [6, 6.07) is 13.0. The molecule has 1 fully saturated rings. The Morgan fingerprint density at radius 1 is 1.16 bits per heavy atom. The highest BCUT2D eigenvalue weighted by molar-refractivity contribution is 5.97. The average molecular weight is 507 g/mol. The standard InChI is InChI=1S/C27H27FN4O5/c1-29-23(33)20-14-19(28)9-8-18(20)15-30-24(34)21-22(36-16-17-6-3-2-4-7-17)25(35)32-12-13-37-27(10-5-11-27)26(32)31-21/h2-4,6-9,14H,5,10-13,15-16H2,1H3,(H,29,33)(H,30,34). The van der Waals surface area contributed by atoms with E-state index in [1.54, 1.807) is 4.57 Å². The van der Waals surface area contributed by atoms with E-state index < -0.39 is 28.8 Å². The Bertz CT molecular complexity index is 1400. The van der Waals surface area contributed by atoms with Gasteiger partial charge in [-0.25, -0.2) is 9.37 Å². The van der Waals surface area contributed by atoms with Gasteiger partial charge in [-0.05, 0) is 42.5 Å². The minimum Gasteiger partial charge on any atom is -0.481 e. The molecule has 0 atom stereocenters. The summed E-state index contributed by atoms with van der Waals surface area (Å²) in [6.07, 6.45) is 2.38. The molecule has 9 nitrogen and oxygen atoms in total. The molecule has 1 aliphatic heterocycles. The molecule has 192 valence electrons. The van der Waals surface area contributed by atoms with Gasteiger partial charge in [0.15, 0.2) is 5.69 Å². The second kappa shape index (κ2) is 10.1. The van der Waals surface area contributed by atoms with Crippen LogP contribution in [0.25, 0.3) is 0 Å². The zero-order valence-corrected chi connectivity index (χ0v) is 20.4. The van der Waals surface area contributed by atoms with E-state index in [-0.39, 0.29) is 30.2 Å². The third-order valence-corrected chi connectivity index (χ3v) is 6.81. The van der Waals surface area contributed by atoms with Crippen LogP contribution >= 0.6 is 0 Å².